The van der Waals surface area contributed by atoms with Crippen LogP contribution in [0.5, 0.6) is 5.75 Å². The van der Waals surface area contributed by atoms with Crippen LogP contribution in [-0.2, 0) is 0 Å². The number of nitrogens with one attached hydrogen (secondary N) is 1. The van der Waals surface area contributed by atoms with Crippen LogP contribution < -0.4 is 8.31 Å². The number of hydrogen-bond acceptors (Lipinski definition) is 8. The molecular formula is C35H58F9NO4S3. The van der Waals surface area contributed by atoms with Crippen LogP contribution in [0.1, 0.15) is 146 Å². The molecule has 5 nitrogen and oxygen atoms in total. The van der Waals surface area contributed by atoms with Gasteiger partial charge in [-0.05, 0) is 91.0 Å². The van der Waals surface area contributed by atoms with E-state index in [1.807, 2.05) is 13.8 Å². The maximum atomic E-state index is 14.9. The molecule has 1 aromatic rings. The molecule has 4 N–H and O–H groups in total. The monoisotopic (exact) mass is 823 g/mol. The molecule has 0 saturated heterocycles. The first-order valence-corrected chi connectivity index (χ1v) is 19.8. The minimum atomic E-state index is -4.45. The third-order valence-electron chi connectivity index (χ3n) is 8.19. The van der Waals surface area contributed by atoms with E-state index in [1.54, 1.807) is 4.13 Å². The summed E-state index contributed by atoms with van der Waals surface area (Å²) in [5.41, 5.74) is -2.92. The fourth-order valence-corrected chi connectivity index (χ4v) is 7.69. The summed E-state index contributed by atoms with van der Waals surface area (Å²) in [6.45, 7) is 14.2. The van der Waals surface area contributed by atoms with Crippen LogP contribution in [0.2, 0.25) is 0 Å². The Morgan fingerprint density at radius 3 is 1.79 bits per heavy atom. The van der Waals surface area contributed by atoms with E-state index in [2.05, 4.69) is 39.1 Å². The Morgan fingerprint density at radius 2 is 1.37 bits per heavy atom. The maximum Gasteiger partial charge on any atom is 0.332 e. The highest BCUT2D eigenvalue weighted by Crippen LogP contribution is 2.48. The summed E-state index contributed by atoms with van der Waals surface area (Å²) in [4.78, 5) is 0. The second-order valence-corrected chi connectivity index (χ2v) is 14.0. The van der Waals surface area contributed by atoms with Gasteiger partial charge in [-0.1, -0.05) is 107 Å². The van der Waals surface area contributed by atoms with Gasteiger partial charge in [-0.2, -0.15) is 17.6 Å². The predicted molar refractivity (Wildman–Crippen MR) is 200 cm³/mol. The number of halogens is 9. The molecule has 1 aromatic carbocycles. The quantitative estimate of drug-likeness (QED) is 0.0568. The first kappa shape index (κ1) is 55.1. The number of benzene rings is 1. The summed E-state index contributed by atoms with van der Waals surface area (Å²) >= 11 is -0.551. The van der Waals surface area contributed by atoms with Crippen LogP contribution >= 0.6 is 35.9 Å². The average molecular weight is 824 g/mol. The van der Waals surface area contributed by atoms with Gasteiger partial charge in [0, 0.05) is 19.1 Å². The minimum absolute atomic E-state index is 0.0684. The Balaban J connectivity index is -0.00000163. The lowest BCUT2D eigenvalue weighted by molar-refractivity contribution is -0.0699. The van der Waals surface area contributed by atoms with Crippen molar-refractivity contribution in [2.45, 2.75) is 152 Å². The van der Waals surface area contributed by atoms with Gasteiger partial charge >= 0.3 is 5.92 Å². The summed E-state index contributed by atoms with van der Waals surface area (Å²) in [7, 11) is 1.00. The zero-order chi connectivity index (χ0) is 40.7. The van der Waals surface area contributed by atoms with E-state index < -0.39 is 28.5 Å². The molecule has 0 heterocycles. The highest BCUT2D eigenvalue weighted by atomic mass is 32.2. The molecule has 2 aliphatic carbocycles. The van der Waals surface area contributed by atoms with Gasteiger partial charge in [0.25, 0.3) is 5.76 Å². The van der Waals surface area contributed by atoms with E-state index in [1.165, 1.54) is 24.8 Å². The van der Waals surface area contributed by atoms with Gasteiger partial charge < -0.3 is 9.29 Å². The van der Waals surface area contributed by atoms with Crippen LogP contribution in [0.15, 0.2) is 37.2 Å². The normalized spacial score (nSPS) is 16.3. The Kier molecular flexibility index (Phi) is 36.3. The molecule has 0 bridgehead atoms. The van der Waals surface area contributed by atoms with Crippen LogP contribution in [-0.4, -0.2) is 45.5 Å². The SMILES string of the molecule is C=CC(=C)F.CC.CCCC(CC)c1cc(C2CCCCC2)cc(C2CCCCC2)c1OSC(F)C(F)(F)C(F)SNSC(F)F.CO.OF.OF. The van der Waals surface area contributed by atoms with E-state index in [0.717, 1.165) is 88.5 Å². The molecule has 3 unspecified atom stereocenters. The van der Waals surface area contributed by atoms with Crippen LogP contribution in [0.25, 0.3) is 0 Å². The molecular weight excluding hydrogens is 766 g/mol. The molecule has 0 aromatic heterocycles. The number of hydrogen-bond donors (Lipinski definition) is 4. The van der Waals surface area contributed by atoms with Crippen LogP contribution in [0, 0.1) is 0 Å². The molecule has 0 spiro atoms. The van der Waals surface area contributed by atoms with Gasteiger partial charge in [0.15, 0.2) is 0 Å². The van der Waals surface area contributed by atoms with Crippen molar-refractivity contribution in [1.29, 1.82) is 0 Å². The zero-order valence-electron chi connectivity index (χ0n) is 30.7. The van der Waals surface area contributed by atoms with Gasteiger partial charge in [-0.3, -0.25) is 0 Å². The molecule has 2 fully saturated rings. The lowest BCUT2D eigenvalue weighted by Crippen LogP contribution is -2.37. The Labute approximate surface area is 317 Å². The molecule has 3 rings (SSSR count). The highest BCUT2D eigenvalue weighted by Gasteiger charge is 2.51. The molecule has 17 heteroatoms. The van der Waals surface area contributed by atoms with Gasteiger partial charge in [-0.15, -0.1) is 0 Å². The second-order valence-electron chi connectivity index (χ2n) is 11.3. The molecule has 0 radical (unpaired) electrons. The third-order valence-corrected chi connectivity index (χ3v) is 10.4. The first-order valence-electron chi connectivity index (χ1n) is 17.2. The molecule has 0 aliphatic heterocycles. The molecule has 308 valence electrons. The van der Waals surface area contributed by atoms with Crippen molar-refractivity contribution in [3.63, 3.8) is 0 Å². The van der Waals surface area contributed by atoms with Crippen molar-refractivity contribution in [3.05, 3.63) is 53.9 Å². The number of rotatable bonds is 16. The standard InChI is InChI=1S/C28H41F6NOS3.C4H5F.C2H6.CH4O.2FHO/c1-3-11-18(4-2)22-16-21(19-12-7-5-8-13-19)17-23(20-14-9-6-10-15-20)24(22)36-39-26(30)28(33,34)25(29)37-35-38-27(31)32;1-3-4(2)5;4*1-2/h16-20,25-27,35H,3-15H2,1-2H3;3H,1-2H2;1-2H3;2H,1H3;2*2H. The van der Waals surface area contributed by atoms with E-state index >= 15 is 0 Å². The summed E-state index contributed by atoms with van der Waals surface area (Å²) in [6.07, 6.45) is 14.8. The smallest absolute Gasteiger partial charge is 0.332 e. The Morgan fingerprint density at radius 1 is 0.885 bits per heavy atom. The van der Waals surface area contributed by atoms with Gasteiger partial charge in [0.05, 0.1) is 12.0 Å². The molecule has 2 saturated carbocycles. The lowest BCUT2D eigenvalue weighted by atomic mass is 9.77. The van der Waals surface area contributed by atoms with Gasteiger partial charge in [0.1, 0.15) is 11.6 Å². The van der Waals surface area contributed by atoms with Crippen LogP contribution in [0.4, 0.5) is 39.8 Å². The van der Waals surface area contributed by atoms with E-state index in [0.29, 0.717) is 11.7 Å². The number of aliphatic hydroxyl groups is 1. The number of allylic oxidation sites excluding steroid dienone is 2. The summed E-state index contributed by atoms with van der Waals surface area (Å²) in [5.74, 6) is -6.61. The predicted octanol–water partition coefficient (Wildman–Crippen LogP) is 13.5. The van der Waals surface area contributed by atoms with E-state index in [4.69, 9.17) is 29.0 Å². The molecule has 2 aliphatic rings. The summed E-state index contributed by atoms with van der Waals surface area (Å²) < 4.78 is 118. The topological polar surface area (TPSA) is 82.0 Å². The second kappa shape index (κ2) is 34.3. The highest BCUT2D eigenvalue weighted by molar-refractivity contribution is 8.13. The summed E-state index contributed by atoms with van der Waals surface area (Å²) in [5, 5.41) is 18.0. The van der Waals surface area contributed by atoms with Crippen LogP contribution in [0.3, 0.4) is 0 Å². The van der Waals surface area contributed by atoms with Gasteiger partial charge in [-0.25, -0.2) is 27.9 Å². The van der Waals surface area contributed by atoms with Crippen molar-refractivity contribution in [2.24, 2.45) is 0 Å². The molecule has 0 amide bonds. The fraction of sp³-hybridized carbons (Fsp3) is 0.714. The van der Waals surface area contributed by atoms with E-state index in [9.17, 15) is 30.7 Å². The summed E-state index contributed by atoms with van der Waals surface area (Å²) in [6, 6.07) is 4.33. The fourth-order valence-electron chi connectivity index (χ4n) is 5.86. The molecule has 52 heavy (non-hydrogen) atoms. The van der Waals surface area contributed by atoms with E-state index in [-0.39, 0.29) is 47.8 Å². The first-order chi connectivity index (χ1) is 25.0. The number of aliphatic hydroxyl groups excluding tert-OH is 1. The van der Waals surface area contributed by atoms with Crippen molar-refractivity contribution >= 4 is 35.9 Å². The third kappa shape index (κ3) is 21.0. The van der Waals surface area contributed by atoms with Crippen molar-refractivity contribution in [3.8, 4) is 5.75 Å². The molecule has 3 atom stereocenters. The average Bonchev–Trinajstić information content (AvgIpc) is 3.19. The Bertz CT molecular complexity index is 998. The largest absolute Gasteiger partial charge is 0.422 e. The minimum Gasteiger partial charge on any atom is -0.422 e. The number of alkyl halides is 6. The van der Waals surface area contributed by atoms with Gasteiger partial charge in [0.2, 0.25) is 11.0 Å². The zero-order valence-corrected chi connectivity index (χ0v) is 33.1. The lowest BCUT2D eigenvalue weighted by Gasteiger charge is -2.31. The van der Waals surface area contributed by atoms with Crippen molar-refractivity contribution < 1.29 is 59.7 Å². The maximum absolute atomic E-state index is 14.9. The van der Waals surface area contributed by atoms with Crippen molar-refractivity contribution in [2.75, 3.05) is 7.11 Å². The van der Waals surface area contributed by atoms with Crippen molar-refractivity contribution in [1.82, 2.24) is 4.13 Å². The Hall–Kier alpha value is -1.24.